The Labute approximate surface area is 117 Å². The van der Waals surface area contributed by atoms with Gasteiger partial charge in [-0.15, -0.1) is 0 Å². The first-order valence-electron chi connectivity index (χ1n) is 6.96. The van der Waals surface area contributed by atoms with Crippen molar-refractivity contribution in [3.05, 3.63) is 35.4 Å². The molecule has 1 aromatic carbocycles. The van der Waals surface area contributed by atoms with Crippen LogP contribution in [0.5, 0.6) is 0 Å². The van der Waals surface area contributed by atoms with Crippen molar-refractivity contribution in [2.75, 3.05) is 13.2 Å². The van der Waals surface area contributed by atoms with Gasteiger partial charge in [-0.25, -0.2) is 8.78 Å². The second-order valence-electron chi connectivity index (χ2n) is 5.16. The Morgan fingerprint density at radius 3 is 2.90 bits per heavy atom. The summed E-state index contributed by atoms with van der Waals surface area (Å²) in [6, 6.07) is 3.43. The second-order valence-corrected chi connectivity index (χ2v) is 5.16. The van der Waals surface area contributed by atoms with Crippen molar-refractivity contribution in [2.45, 2.75) is 38.1 Å². The minimum atomic E-state index is -0.676. The number of benzene rings is 1. The Balaban J connectivity index is 2.00. The van der Waals surface area contributed by atoms with Gasteiger partial charge in [0.05, 0.1) is 6.42 Å². The second kappa shape index (κ2) is 6.79. The zero-order valence-electron chi connectivity index (χ0n) is 11.3. The van der Waals surface area contributed by atoms with Crippen molar-refractivity contribution in [1.29, 1.82) is 0 Å². The largest absolute Gasteiger partial charge is 0.396 e. The van der Waals surface area contributed by atoms with E-state index in [0.29, 0.717) is 13.0 Å². The van der Waals surface area contributed by atoms with Crippen molar-refractivity contribution in [1.82, 2.24) is 4.90 Å². The van der Waals surface area contributed by atoms with Crippen LogP contribution in [0, 0.1) is 11.6 Å². The first-order valence-corrected chi connectivity index (χ1v) is 6.96. The van der Waals surface area contributed by atoms with Crippen molar-refractivity contribution >= 4 is 5.91 Å². The van der Waals surface area contributed by atoms with Gasteiger partial charge >= 0.3 is 0 Å². The first kappa shape index (κ1) is 14.9. The molecule has 1 atom stereocenters. The van der Waals surface area contributed by atoms with Crippen molar-refractivity contribution in [3.63, 3.8) is 0 Å². The van der Waals surface area contributed by atoms with Gasteiger partial charge in [0, 0.05) is 25.3 Å². The van der Waals surface area contributed by atoms with Gasteiger partial charge in [-0.05, 0) is 37.3 Å². The molecule has 0 aromatic heterocycles. The summed E-state index contributed by atoms with van der Waals surface area (Å²) in [6.45, 7) is 0.795. The van der Waals surface area contributed by atoms with Crippen molar-refractivity contribution in [3.8, 4) is 0 Å². The van der Waals surface area contributed by atoms with E-state index in [1.165, 1.54) is 12.1 Å². The highest BCUT2D eigenvalue weighted by molar-refractivity contribution is 5.79. The molecule has 0 spiro atoms. The van der Waals surface area contributed by atoms with Crippen molar-refractivity contribution in [2.24, 2.45) is 0 Å². The Kier molecular flexibility index (Phi) is 5.06. The van der Waals surface area contributed by atoms with Gasteiger partial charge in [0.1, 0.15) is 11.6 Å². The number of aliphatic hydroxyl groups excluding tert-OH is 1. The molecule has 0 saturated carbocycles. The highest BCUT2D eigenvalue weighted by Gasteiger charge is 2.28. The lowest BCUT2D eigenvalue weighted by Gasteiger charge is -2.24. The Morgan fingerprint density at radius 2 is 2.20 bits per heavy atom. The summed E-state index contributed by atoms with van der Waals surface area (Å²) in [5.41, 5.74) is 0.226. The van der Waals surface area contributed by atoms with Gasteiger partial charge < -0.3 is 10.0 Å². The number of likely N-dealkylation sites (tertiary alicyclic amines) is 1. The third kappa shape index (κ3) is 3.54. The van der Waals surface area contributed by atoms with E-state index < -0.39 is 11.6 Å². The molecular weight excluding hydrogens is 264 g/mol. The van der Waals surface area contributed by atoms with Crippen LogP contribution in [-0.4, -0.2) is 35.1 Å². The standard InChI is InChI=1S/C15H19F2NO2/c16-12-6-5-11(14(17)10-12)9-15(20)18-7-1-3-13(18)4-2-8-19/h5-6,10,13,19H,1-4,7-9H2. The fourth-order valence-corrected chi connectivity index (χ4v) is 2.72. The molecule has 3 nitrogen and oxygen atoms in total. The van der Waals surface area contributed by atoms with E-state index in [1.807, 2.05) is 0 Å². The van der Waals surface area contributed by atoms with Crippen LogP contribution in [0.15, 0.2) is 18.2 Å². The maximum atomic E-state index is 13.6. The average molecular weight is 283 g/mol. The van der Waals surface area contributed by atoms with E-state index in [4.69, 9.17) is 5.11 Å². The molecule has 1 aromatic rings. The molecule has 1 saturated heterocycles. The highest BCUT2D eigenvalue weighted by atomic mass is 19.1. The zero-order valence-corrected chi connectivity index (χ0v) is 11.3. The number of aliphatic hydroxyl groups is 1. The zero-order chi connectivity index (χ0) is 14.5. The minimum Gasteiger partial charge on any atom is -0.396 e. The van der Waals surface area contributed by atoms with E-state index in [-0.39, 0.29) is 30.5 Å². The Bertz CT molecular complexity index is 479. The lowest BCUT2D eigenvalue weighted by atomic mass is 10.1. The lowest BCUT2D eigenvalue weighted by Crippen LogP contribution is -2.36. The quantitative estimate of drug-likeness (QED) is 0.900. The molecule has 20 heavy (non-hydrogen) atoms. The number of carbonyl (C=O) groups excluding carboxylic acids is 1. The summed E-state index contributed by atoms with van der Waals surface area (Å²) < 4.78 is 26.4. The van der Waals surface area contributed by atoms with Crippen LogP contribution in [0.3, 0.4) is 0 Å². The smallest absolute Gasteiger partial charge is 0.227 e. The summed E-state index contributed by atoms with van der Waals surface area (Å²) in [6.07, 6.45) is 3.26. The molecule has 1 aliphatic heterocycles. The molecule has 2 rings (SSSR count). The van der Waals surface area contributed by atoms with Crippen LogP contribution >= 0.6 is 0 Å². The monoisotopic (exact) mass is 283 g/mol. The molecular formula is C15H19F2NO2. The van der Waals surface area contributed by atoms with Crippen molar-refractivity contribution < 1.29 is 18.7 Å². The van der Waals surface area contributed by atoms with E-state index in [1.54, 1.807) is 4.90 Å². The summed E-state index contributed by atoms with van der Waals surface area (Å²) >= 11 is 0. The van der Waals surface area contributed by atoms with E-state index in [0.717, 1.165) is 25.3 Å². The predicted octanol–water partition coefficient (Wildman–Crippen LogP) is 2.27. The van der Waals surface area contributed by atoms with E-state index in [2.05, 4.69) is 0 Å². The topological polar surface area (TPSA) is 40.5 Å². The minimum absolute atomic E-state index is 0.0399. The number of rotatable bonds is 5. The Morgan fingerprint density at radius 1 is 1.40 bits per heavy atom. The number of nitrogens with zero attached hydrogens (tertiary/aromatic N) is 1. The summed E-state index contributed by atoms with van der Waals surface area (Å²) in [7, 11) is 0. The van der Waals surface area contributed by atoms with Gasteiger partial charge in [-0.2, -0.15) is 0 Å². The SMILES string of the molecule is O=C(Cc1ccc(F)cc1F)N1CCCC1CCCO. The molecule has 1 aliphatic rings. The van der Waals surface area contributed by atoms with Crippen LogP contribution in [0.25, 0.3) is 0 Å². The number of carbonyl (C=O) groups is 1. The Hall–Kier alpha value is -1.49. The molecule has 1 amide bonds. The molecule has 5 heteroatoms. The summed E-state index contributed by atoms with van der Waals surface area (Å²) in [4.78, 5) is 14.0. The van der Waals surface area contributed by atoms with Gasteiger partial charge in [0.2, 0.25) is 5.91 Å². The van der Waals surface area contributed by atoms with Crippen LogP contribution in [0.4, 0.5) is 8.78 Å². The van der Waals surface area contributed by atoms with E-state index >= 15 is 0 Å². The van der Waals surface area contributed by atoms with E-state index in [9.17, 15) is 13.6 Å². The molecule has 1 heterocycles. The maximum Gasteiger partial charge on any atom is 0.227 e. The normalized spacial score (nSPS) is 18.6. The predicted molar refractivity (Wildman–Crippen MR) is 71.1 cm³/mol. The molecule has 1 N–H and O–H groups in total. The van der Waals surface area contributed by atoms with Gasteiger partial charge in [0.15, 0.2) is 0 Å². The van der Waals surface area contributed by atoms with Crippen LogP contribution in [-0.2, 0) is 11.2 Å². The average Bonchev–Trinajstić information content (AvgIpc) is 2.88. The lowest BCUT2D eigenvalue weighted by molar-refractivity contribution is -0.131. The summed E-state index contributed by atoms with van der Waals surface area (Å²) in [5, 5.41) is 8.86. The molecule has 0 radical (unpaired) electrons. The van der Waals surface area contributed by atoms with Crippen LogP contribution in [0.2, 0.25) is 0 Å². The van der Waals surface area contributed by atoms with Crippen LogP contribution in [0.1, 0.15) is 31.2 Å². The maximum absolute atomic E-state index is 13.6. The van der Waals surface area contributed by atoms with Gasteiger partial charge in [-0.1, -0.05) is 6.07 Å². The third-order valence-corrected chi connectivity index (χ3v) is 3.75. The fraction of sp³-hybridized carbons (Fsp3) is 0.533. The number of amides is 1. The highest BCUT2D eigenvalue weighted by Crippen LogP contribution is 2.23. The third-order valence-electron chi connectivity index (χ3n) is 3.75. The number of hydrogen-bond donors (Lipinski definition) is 1. The fourth-order valence-electron chi connectivity index (χ4n) is 2.72. The number of halogens is 2. The van der Waals surface area contributed by atoms with Gasteiger partial charge in [0.25, 0.3) is 0 Å². The molecule has 0 bridgehead atoms. The molecule has 1 unspecified atom stereocenters. The summed E-state index contributed by atoms with van der Waals surface area (Å²) in [5.74, 6) is -1.44. The number of hydrogen-bond acceptors (Lipinski definition) is 2. The molecule has 1 fully saturated rings. The molecule has 0 aliphatic carbocycles. The first-order chi connectivity index (χ1) is 9.61. The van der Waals surface area contributed by atoms with Crippen LogP contribution < -0.4 is 0 Å². The van der Waals surface area contributed by atoms with Gasteiger partial charge in [-0.3, -0.25) is 4.79 Å². The molecule has 110 valence electrons.